The molecule has 0 aliphatic carbocycles. The molecule has 1 saturated heterocycles. The summed E-state index contributed by atoms with van der Waals surface area (Å²) in [6.07, 6.45) is -5.55. The molecule has 1 aromatic heterocycles. The Kier molecular flexibility index (Phi) is 4.45. The Bertz CT molecular complexity index is 678. The zero-order chi connectivity index (χ0) is 18.5. The van der Waals surface area contributed by atoms with Crippen molar-refractivity contribution in [3.8, 4) is 0 Å². The Hall–Kier alpha value is -1.64. The number of carbonyl (C=O) groups excluding carboxylic acids is 1. The molecule has 2 rings (SSSR count). The van der Waals surface area contributed by atoms with Gasteiger partial charge in [-0.25, -0.2) is 4.98 Å². The van der Waals surface area contributed by atoms with Gasteiger partial charge in [0, 0.05) is 18.5 Å². The minimum atomic E-state index is -4.91. The first-order valence-electron chi connectivity index (χ1n) is 7.37. The highest BCUT2D eigenvalue weighted by Gasteiger charge is 2.64. The van der Waals surface area contributed by atoms with E-state index in [1.807, 2.05) is 20.8 Å². The zero-order valence-electron chi connectivity index (χ0n) is 13.8. The molecule has 0 saturated carbocycles. The number of carboxylic acids is 1. The number of aliphatic carboxylic acids is 1. The van der Waals surface area contributed by atoms with E-state index >= 15 is 0 Å². The minimum absolute atomic E-state index is 0.243. The maximum atomic E-state index is 13.2. The summed E-state index contributed by atoms with van der Waals surface area (Å²) < 4.78 is 39.7. The highest BCUT2D eigenvalue weighted by atomic mass is 32.1. The van der Waals surface area contributed by atoms with Gasteiger partial charge in [0.25, 0.3) is 5.91 Å². The lowest BCUT2D eigenvalue weighted by molar-refractivity contribution is -0.227. The summed E-state index contributed by atoms with van der Waals surface area (Å²) in [6.45, 7) is 6.29. The first-order chi connectivity index (χ1) is 10.8. The first kappa shape index (κ1) is 18.7. The molecule has 0 spiro atoms. The quantitative estimate of drug-likeness (QED) is 0.875. The van der Waals surface area contributed by atoms with Crippen molar-refractivity contribution in [1.29, 1.82) is 0 Å². The molecule has 0 bridgehead atoms. The highest BCUT2D eigenvalue weighted by Crippen LogP contribution is 2.46. The number of carboxylic acid groups (broad SMARTS) is 1. The lowest BCUT2D eigenvalue weighted by Gasteiger charge is -2.27. The summed E-state index contributed by atoms with van der Waals surface area (Å²) >= 11 is 1.15. The molecule has 1 aromatic rings. The van der Waals surface area contributed by atoms with Crippen molar-refractivity contribution in [3.05, 3.63) is 15.6 Å². The standard InChI is InChI=1S/C15H19F3N2O3S/c1-8-9(24-11(19-8)13(2,3)4)10(21)20-6-5-14(7-20,12(22)23)15(16,17)18/h5-7H2,1-4H3,(H,22,23). The molecule has 1 N–H and O–H groups in total. The van der Waals surface area contributed by atoms with Crippen LogP contribution in [-0.4, -0.2) is 46.1 Å². The van der Waals surface area contributed by atoms with Crippen LogP contribution in [0.5, 0.6) is 0 Å². The molecular formula is C15H19F3N2O3S. The average Bonchev–Trinajstić information content (AvgIpc) is 3.00. The highest BCUT2D eigenvalue weighted by molar-refractivity contribution is 7.14. The second kappa shape index (κ2) is 5.72. The van der Waals surface area contributed by atoms with E-state index in [9.17, 15) is 22.8 Å². The third-order valence-electron chi connectivity index (χ3n) is 4.14. The van der Waals surface area contributed by atoms with E-state index in [1.165, 1.54) is 0 Å². The predicted molar refractivity (Wildman–Crippen MR) is 82.2 cm³/mol. The van der Waals surface area contributed by atoms with Crippen LogP contribution in [0.15, 0.2) is 0 Å². The van der Waals surface area contributed by atoms with Gasteiger partial charge in [-0.1, -0.05) is 20.8 Å². The molecule has 1 aliphatic rings. The predicted octanol–water partition coefficient (Wildman–Crippen LogP) is 3.23. The van der Waals surface area contributed by atoms with Crippen molar-refractivity contribution in [3.63, 3.8) is 0 Å². The SMILES string of the molecule is Cc1nc(C(C)(C)C)sc1C(=O)N1CCC(C(=O)O)(C(F)(F)F)C1. The summed E-state index contributed by atoms with van der Waals surface area (Å²) in [7, 11) is 0. The van der Waals surface area contributed by atoms with Gasteiger partial charge < -0.3 is 10.0 Å². The van der Waals surface area contributed by atoms with Gasteiger partial charge in [0.1, 0.15) is 4.88 Å². The van der Waals surface area contributed by atoms with Gasteiger partial charge in [0.2, 0.25) is 0 Å². The molecule has 1 amide bonds. The van der Waals surface area contributed by atoms with Crippen molar-refractivity contribution in [1.82, 2.24) is 9.88 Å². The van der Waals surface area contributed by atoms with Crippen molar-refractivity contribution >= 4 is 23.2 Å². The van der Waals surface area contributed by atoms with Gasteiger partial charge in [-0.05, 0) is 13.3 Å². The lowest BCUT2D eigenvalue weighted by Crippen LogP contribution is -2.47. The fraction of sp³-hybridized carbons (Fsp3) is 0.667. The Morgan fingerprint density at radius 1 is 1.29 bits per heavy atom. The van der Waals surface area contributed by atoms with E-state index in [0.717, 1.165) is 16.2 Å². The maximum Gasteiger partial charge on any atom is 0.406 e. The van der Waals surface area contributed by atoms with Gasteiger partial charge in [-0.15, -0.1) is 11.3 Å². The molecular weight excluding hydrogens is 345 g/mol. The minimum Gasteiger partial charge on any atom is -0.481 e. The lowest BCUT2D eigenvalue weighted by atomic mass is 9.86. The normalized spacial score (nSPS) is 22.0. The Balaban J connectivity index is 2.30. The number of hydrogen-bond acceptors (Lipinski definition) is 4. The molecule has 0 aromatic carbocycles. The van der Waals surface area contributed by atoms with Gasteiger partial charge in [-0.2, -0.15) is 13.2 Å². The van der Waals surface area contributed by atoms with Crippen molar-refractivity contribution in [2.75, 3.05) is 13.1 Å². The number of aryl methyl sites for hydroxylation is 1. The molecule has 1 atom stereocenters. The summed E-state index contributed by atoms with van der Waals surface area (Å²) in [5.41, 5.74) is -2.72. The third kappa shape index (κ3) is 3.01. The Labute approximate surface area is 141 Å². The van der Waals surface area contributed by atoms with E-state index in [-0.39, 0.29) is 16.8 Å². The zero-order valence-corrected chi connectivity index (χ0v) is 14.6. The molecule has 1 fully saturated rings. The van der Waals surface area contributed by atoms with E-state index in [0.29, 0.717) is 10.7 Å². The summed E-state index contributed by atoms with van der Waals surface area (Å²) in [4.78, 5) is 29.4. The number of alkyl halides is 3. The van der Waals surface area contributed by atoms with Crippen LogP contribution >= 0.6 is 11.3 Å². The summed E-state index contributed by atoms with van der Waals surface area (Å²) in [6, 6.07) is 0. The van der Waals surface area contributed by atoms with E-state index in [1.54, 1.807) is 6.92 Å². The largest absolute Gasteiger partial charge is 0.481 e. The second-order valence-corrected chi connectivity index (χ2v) is 8.04. The van der Waals surface area contributed by atoms with Crippen LogP contribution in [0.25, 0.3) is 0 Å². The molecule has 9 heteroatoms. The number of likely N-dealkylation sites (tertiary alicyclic amines) is 1. The van der Waals surface area contributed by atoms with Gasteiger partial charge in [0.05, 0.1) is 10.7 Å². The van der Waals surface area contributed by atoms with Crippen molar-refractivity contribution in [2.45, 2.75) is 45.7 Å². The van der Waals surface area contributed by atoms with Crippen LogP contribution in [0, 0.1) is 12.3 Å². The van der Waals surface area contributed by atoms with Crippen LogP contribution in [-0.2, 0) is 10.2 Å². The Morgan fingerprint density at radius 2 is 1.88 bits per heavy atom. The number of rotatable bonds is 2. The maximum absolute atomic E-state index is 13.2. The topological polar surface area (TPSA) is 70.5 Å². The van der Waals surface area contributed by atoms with Crippen LogP contribution < -0.4 is 0 Å². The first-order valence-corrected chi connectivity index (χ1v) is 8.18. The van der Waals surface area contributed by atoms with Gasteiger partial charge >= 0.3 is 12.1 Å². The van der Waals surface area contributed by atoms with Crippen LogP contribution in [0.2, 0.25) is 0 Å². The van der Waals surface area contributed by atoms with E-state index < -0.39 is 36.4 Å². The monoisotopic (exact) mass is 364 g/mol. The number of aromatic nitrogens is 1. The smallest absolute Gasteiger partial charge is 0.406 e. The molecule has 0 radical (unpaired) electrons. The number of thiazole rings is 1. The fourth-order valence-corrected chi connectivity index (χ4v) is 3.66. The molecule has 2 heterocycles. The number of amides is 1. The third-order valence-corrected chi connectivity index (χ3v) is 5.71. The number of halogens is 3. The molecule has 1 aliphatic heterocycles. The summed E-state index contributed by atoms with van der Waals surface area (Å²) in [5.74, 6) is -2.53. The second-order valence-electron chi connectivity index (χ2n) is 7.05. The van der Waals surface area contributed by atoms with Crippen LogP contribution in [0.3, 0.4) is 0 Å². The fourth-order valence-electron chi connectivity index (χ4n) is 2.57. The summed E-state index contributed by atoms with van der Waals surface area (Å²) in [5, 5.41) is 9.78. The van der Waals surface area contributed by atoms with Gasteiger partial charge in [0.15, 0.2) is 5.41 Å². The average molecular weight is 364 g/mol. The Morgan fingerprint density at radius 3 is 2.25 bits per heavy atom. The number of nitrogens with zero attached hydrogens (tertiary/aromatic N) is 2. The van der Waals surface area contributed by atoms with Crippen molar-refractivity contribution in [2.24, 2.45) is 5.41 Å². The van der Waals surface area contributed by atoms with Crippen LogP contribution in [0.1, 0.15) is 47.6 Å². The molecule has 134 valence electrons. The van der Waals surface area contributed by atoms with E-state index in [2.05, 4.69) is 4.98 Å². The number of hydrogen-bond donors (Lipinski definition) is 1. The van der Waals surface area contributed by atoms with Crippen LogP contribution in [0.4, 0.5) is 13.2 Å². The molecule has 1 unspecified atom stereocenters. The van der Waals surface area contributed by atoms with Crippen molar-refractivity contribution < 1.29 is 27.9 Å². The molecule has 5 nitrogen and oxygen atoms in total. The number of carbonyl (C=O) groups is 2. The molecule has 24 heavy (non-hydrogen) atoms. The van der Waals surface area contributed by atoms with Gasteiger partial charge in [-0.3, -0.25) is 9.59 Å². The van der Waals surface area contributed by atoms with E-state index in [4.69, 9.17) is 5.11 Å².